The summed E-state index contributed by atoms with van der Waals surface area (Å²) in [5, 5.41) is 9.42. The van der Waals surface area contributed by atoms with Crippen molar-refractivity contribution in [2.24, 2.45) is 11.7 Å². The molecule has 1 atom stereocenters. The average Bonchev–Trinajstić information content (AvgIpc) is 2.21. The fourth-order valence-corrected chi connectivity index (χ4v) is 2.19. The van der Waals surface area contributed by atoms with Gasteiger partial charge < -0.3 is 20.6 Å². The van der Waals surface area contributed by atoms with Crippen LogP contribution in [-0.4, -0.2) is 67.8 Å². The summed E-state index contributed by atoms with van der Waals surface area (Å²) in [6.45, 7) is 4.56. The van der Waals surface area contributed by atoms with E-state index in [0.29, 0.717) is 13.1 Å². The van der Waals surface area contributed by atoms with Gasteiger partial charge in [0.1, 0.15) is 0 Å². The van der Waals surface area contributed by atoms with Crippen LogP contribution in [-0.2, 0) is 0 Å². The summed E-state index contributed by atoms with van der Waals surface area (Å²) in [5.74, 6) is 0.788. The lowest BCUT2D eigenvalue weighted by atomic mass is 9.96. The highest BCUT2D eigenvalue weighted by atomic mass is 16.3. The molecule has 0 aromatic rings. The third-order valence-corrected chi connectivity index (χ3v) is 3.20. The minimum absolute atomic E-state index is 0.359. The quantitative estimate of drug-likeness (QED) is 0.654. The molecule has 0 radical (unpaired) electrons. The highest BCUT2D eigenvalue weighted by Crippen LogP contribution is 2.16. The molecule has 1 fully saturated rings. The lowest BCUT2D eigenvalue weighted by Crippen LogP contribution is -2.39. The summed E-state index contributed by atoms with van der Waals surface area (Å²) in [5.41, 5.74) is 5.39. The number of nitrogens with two attached hydrogens (primary N) is 1. The topological polar surface area (TPSA) is 52.7 Å². The van der Waals surface area contributed by atoms with Gasteiger partial charge in [0, 0.05) is 19.6 Å². The van der Waals surface area contributed by atoms with Crippen molar-refractivity contribution >= 4 is 0 Å². The molecule has 3 N–H and O–H groups in total. The summed E-state index contributed by atoms with van der Waals surface area (Å²) in [6.07, 6.45) is 2.18. The van der Waals surface area contributed by atoms with Gasteiger partial charge in [0.25, 0.3) is 0 Å². The maximum Gasteiger partial charge on any atom is 0.0788 e. The van der Waals surface area contributed by atoms with Crippen LogP contribution in [0.1, 0.15) is 12.8 Å². The number of rotatable bonds is 5. The van der Waals surface area contributed by atoms with E-state index in [-0.39, 0.29) is 6.10 Å². The van der Waals surface area contributed by atoms with Gasteiger partial charge in [-0.2, -0.15) is 0 Å². The molecule has 1 saturated heterocycles. The van der Waals surface area contributed by atoms with Crippen LogP contribution < -0.4 is 5.73 Å². The number of likely N-dealkylation sites (N-methyl/N-ethyl adjacent to an activating group) is 1. The van der Waals surface area contributed by atoms with Gasteiger partial charge >= 0.3 is 0 Å². The minimum Gasteiger partial charge on any atom is -0.390 e. The predicted octanol–water partition coefficient (Wildman–Crippen LogP) is -0.420. The van der Waals surface area contributed by atoms with Gasteiger partial charge in [-0.1, -0.05) is 0 Å². The van der Waals surface area contributed by atoms with Crippen molar-refractivity contribution in [1.29, 1.82) is 0 Å². The van der Waals surface area contributed by atoms with Crippen LogP contribution >= 0.6 is 0 Å². The molecule has 1 rings (SSSR count). The Balaban J connectivity index is 2.17. The number of likely N-dealkylation sites (tertiary alicyclic amines) is 1. The molecule has 15 heavy (non-hydrogen) atoms. The first-order valence-corrected chi connectivity index (χ1v) is 5.87. The van der Waals surface area contributed by atoms with Gasteiger partial charge in [0.2, 0.25) is 0 Å². The summed E-state index contributed by atoms with van der Waals surface area (Å²) >= 11 is 0. The predicted molar refractivity (Wildman–Crippen MR) is 62.8 cm³/mol. The molecule has 1 heterocycles. The van der Waals surface area contributed by atoms with Crippen molar-refractivity contribution in [2.45, 2.75) is 18.9 Å². The molecule has 1 aliphatic rings. The smallest absolute Gasteiger partial charge is 0.0788 e. The van der Waals surface area contributed by atoms with E-state index < -0.39 is 0 Å². The monoisotopic (exact) mass is 215 g/mol. The van der Waals surface area contributed by atoms with E-state index in [1.165, 1.54) is 25.9 Å². The Morgan fingerprint density at radius 2 is 2.07 bits per heavy atom. The Hall–Kier alpha value is -0.160. The van der Waals surface area contributed by atoms with Crippen molar-refractivity contribution in [1.82, 2.24) is 9.80 Å². The van der Waals surface area contributed by atoms with Crippen molar-refractivity contribution in [3.8, 4) is 0 Å². The van der Waals surface area contributed by atoms with Crippen molar-refractivity contribution in [3.05, 3.63) is 0 Å². The van der Waals surface area contributed by atoms with Gasteiger partial charge in [0.05, 0.1) is 6.10 Å². The maximum atomic E-state index is 9.42. The van der Waals surface area contributed by atoms with Gasteiger partial charge in [-0.25, -0.2) is 0 Å². The lowest BCUT2D eigenvalue weighted by molar-refractivity contribution is 0.110. The van der Waals surface area contributed by atoms with Crippen LogP contribution in [0.2, 0.25) is 0 Å². The zero-order chi connectivity index (χ0) is 11.3. The Labute approximate surface area is 93.0 Å². The normalized spacial score (nSPS) is 22.2. The molecule has 0 spiro atoms. The maximum absolute atomic E-state index is 9.42. The van der Waals surface area contributed by atoms with Crippen molar-refractivity contribution in [2.75, 3.05) is 46.8 Å². The van der Waals surface area contributed by atoms with Crippen molar-refractivity contribution in [3.63, 3.8) is 0 Å². The number of nitrogens with zero attached hydrogens (tertiary/aromatic N) is 2. The molecule has 0 aromatic heterocycles. The minimum atomic E-state index is -0.374. The van der Waals surface area contributed by atoms with Gasteiger partial charge in [-0.05, 0) is 45.9 Å². The number of piperidine rings is 1. The van der Waals surface area contributed by atoms with E-state index >= 15 is 0 Å². The standard InChI is InChI=1S/C11H25N3O/c1-13-5-3-10(4-6-13)8-14(2)9-11(15)7-12/h10-11,15H,3-9,12H2,1-2H3. The molecular formula is C11H25N3O. The second-order valence-electron chi connectivity index (χ2n) is 4.86. The molecular weight excluding hydrogens is 190 g/mol. The molecule has 90 valence electrons. The van der Waals surface area contributed by atoms with Crippen LogP contribution in [0, 0.1) is 5.92 Å². The summed E-state index contributed by atoms with van der Waals surface area (Å²) in [6, 6.07) is 0. The molecule has 1 aliphatic heterocycles. The zero-order valence-corrected chi connectivity index (χ0v) is 10.0. The van der Waals surface area contributed by atoms with Crippen LogP contribution in [0.4, 0.5) is 0 Å². The van der Waals surface area contributed by atoms with Gasteiger partial charge in [0.15, 0.2) is 0 Å². The Morgan fingerprint density at radius 3 is 2.60 bits per heavy atom. The summed E-state index contributed by atoms with van der Waals surface area (Å²) in [7, 11) is 4.25. The van der Waals surface area contributed by atoms with Crippen LogP contribution in [0.25, 0.3) is 0 Å². The van der Waals surface area contributed by atoms with Crippen LogP contribution in [0.5, 0.6) is 0 Å². The third-order valence-electron chi connectivity index (χ3n) is 3.20. The number of aliphatic hydroxyl groups is 1. The highest BCUT2D eigenvalue weighted by molar-refractivity contribution is 4.73. The van der Waals surface area contributed by atoms with Crippen LogP contribution in [0.15, 0.2) is 0 Å². The lowest BCUT2D eigenvalue weighted by Gasteiger charge is -2.32. The SMILES string of the molecule is CN1CCC(CN(C)CC(O)CN)CC1. The first-order chi connectivity index (χ1) is 7.11. The Kier molecular flexibility index (Phi) is 5.53. The van der Waals surface area contributed by atoms with E-state index in [0.717, 1.165) is 12.5 Å². The molecule has 0 aliphatic carbocycles. The fraction of sp³-hybridized carbons (Fsp3) is 1.00. The van der Waals surface area contributed by atoms with E-state index in [4.69, 9.17) is 5.73 Å². The van der Waals surface area contributed by atoms with Gasteiger partial charge in [-0.15, -0.1) is 0 Å². The van der Waals surface area contributed by atoms with Crippen molar-refractivity contribution < 1.29 is 5.11 Å². The first-order valence-electron chi connectivity index (χ1n) is 5.87. The van der Waals surface area contributed by atoms with E-state index in [1.54, 1.807) is 0 Å². The molecule has 1 unspecified atom stereocenters. The number of hydrogen-bond donors (Lipinski definition) is 2. The zero-order valence-electron chi connectivity index (χ0n) is 10.0. The molecule has 0 bridgehead atoms. The van der Waals surface area contributed by atoms with Crippen LogP contribution in [0.3, 0.4) is 0 Å². The molecule has 0 saturated carbocycles. The number of hydrogen-bond acceptors (Lipinski definition) is 4. The van der Waals surface area contributed by atoms with E-state index in [2.05, 4.69) is 23.9 Å². The van der Waals surface area contributed by atoms with E-state index in [1.807, 2.05) is 0 Å². The second kappa shape index (κ2) is 6.43. The molecule has 0 amide bonds. The average molecular weight is 215 g/mol. The fourth-order valence-electron chi connectivity index (χ4n) is 2.19. The van der Waals surface area contributed by atoms with Gasteiger partial charge in [-0.3, -0.25) is 0 Å². The Bertz CT molecular complexity index is 169. The second-order valence-corrected chi connectivity index (χ2v) is 4.86. The largest absolute Gasteiger partial charge is 0.390 e. The third kappa shape index (κ3) is 4.93. The number of aliphatic hydroxyl groups excluding tert-OH is 1. The Morgan fingerprint density at radius 1 is 1.47 bits per heavy atom. The highest BCUT2D eigenvalue weighted by Gasteiger charge is 2.18. The molecule has 0 aromatic carbocycles. The first kappa shape index (κ1) is 12.9. The van der Waals surface area contributed by atoms with E-state index in [9.17, 15) is 5.11 Å². The molecule has 4 heteroatoms. The summed E-state index contributed by atoms with van der Waals surface area (Å²) < 4.78 is 0. The molecule has 4 nitrogen and oxygen atoms in total. The summed E-state index contributed by atoms with van der Waals surface area (Å²) in [4.78, 5) is 4.58.